The molecule has 148 valence electrons. The fourth-order valence-electron chi connectivity index (χ4n) is 3.58. The predicted octanol–water partition coefficient (Wildman–Crippen LogP) is 2.93. The second-order valence-corrected chi connectivity index (χ2v) is 6.69. The minimum absolute atomic E-state index is 0.185. The van der Waals surface area contributed by atoms with E-state index in [9.17, 15) is 13.6 Å². The number of rotatable bonds is 3. The topological polar surface area (TPSA) is 99.4 Å². The summed E-state index contributed by atoms with van der Waals surface area (Å²) in [6.45, 7) is 1.83. The van der Waals surface area contributed by atoms with Gasteiger partial charge in [0, 0.05) is 29.4 Å². The zero-order valence-corrected chi connectivity index (χ0v) is 15.7. The van der Waals surface area contributed by atoms with Crippen molar-refractivity contribution >= 4 is 28.4 Å². The first-order valence-corrected chi connectivity index (χ1v) is 8.83. The molecule has 2 heterocycles. The highest BCUT2D eigenvalue weighted by Gasteiger charge is 2.31. The molecule has 1 aliphatic rings. The molecule has 1 aliphatic heterocycles. The van der Waals surface area contributed by atoms with E-state index in [1.165, 1.54) is 24.3 Å². The Morgan fingerprint density at radius 1 is 1.24 bits per heavy atom. The third-order valence-electron chi connectivity index (χ3n) is 5.02. The summed E-state index contributed by atoms with van der Waals surface area (Å²) < 4.78 is 27.7. The number of allylic oxidation sites excluding steroid dienone is 1. The van der Waals surface area contributed by atoms with Gasteiger partial charge in [-0.3, -0.25) is 9.80 Å². The molecule has 1 aromatic heterocycles. The number of nitrogens with zero attached hydrogens (tertiary/aromatic N) is 3. The normalized spacial score (nSPS) is 17.4. The minimum atomic E-state index is -0.547. The van der Waals surface area contributed by atoms with Crippen molar-refractivity contribution in [2.24, 2.45) is 10.8 Å². The summed E-state index contributed by atoms with van der Waals surface area (Å²) in [6.07, 6.45) is 1.16. The average molecular weight is 396 g/mol. The molecule has 0 spiro atoms. The molecular weight excluding hydrogens is 378 g/mol. The smallest absolute Gasteiger partial charge is 0.272 e. The van der Waals surface area contributed by atoms with Gasteiger partial charge in [0.25, 0.3) is 5.56 Å². The van der Waals surface area contributed by atoms with Gasteiger partial charge in [-0.15, -0.1) is 0 Å². The second-order valence-electron chi connectivity index (χ2n) is 6.69. The van der Waals surface area contributed by atoms with E-state index in [1.54, 1.807) is 24.2 Å². The van der Waals surface area contributed by atoms with Gasteiger partial charge in [-0.25, -0.2) is 13.9 Å². The van der Waals surface area contributed by atoms with Crippen molar-refractivity contribution in [2.45, 2.75) is 13.0 Å². The number of hydrazone groups is 1. The van der Waals surface area contributed by atoms with Crippen LogP contribution in [0.25, 0.3) is 16.3 Å². The quantitative estimate of drug-likeness (QED) is 0.359. The summed E-state index contributed by atoms with van der Waals surface area (Å²) in [5.41, 5.74) is 8.00. The molecule has 3 aromatic rings. The van der Waals surface area contributed by atoms with Crippen LogP contribution < -0.4 is 16.6 Å². The molecule has 0 saturated carbocycles. The Bertz CT molecular complexity index is 1220. The maximum Gasteiger partial charge on any atom is 0.272 e. The van der Waals surface area contributed by atoms with Gasteiger partial charge in [0.1, 0.15) is 23.7 Å². The van der Waals surface area contributed by atoms with Crippen molar-refractivity contribution in [1.29, 1.82) is 0 Å². The van der Waals surface area contributed by atoms with E-state index in [0.29, 0.717) is 28.0 Å². The lowest BCUT2D eigenvalue weighted by Gasteiger charge is -2.32. The molecule has 0 saturated heterocycles. The molecule has 0 radical (unpaired) electrons. The molecule has 1 atom stereocenters. The molecule has 7 nitrogen and oxygen atoms in total. The number of nitrogens with two attached hydrogens (primary N) is 1. The Labute approximate surface area is 164 Å². The summed E-state index contributed by atoms with van der Waals surface area (Å²) in [4.78, 5) is 12.3. The maximum absolute atomic E-state index is 14.2. The number of hydrogen-bond donors (Lipinski definition) is 3. The van der Waals surface area contributed by atoms with Crippen LogP contribution >= 0.6 is 0 Å². The van der Waals surface area contributed by atoms with Gasteiger partial charge in [0.15, 0.2) is 0 Å². The zero-order valence-electron chi connectivity index (χ0n) is 15.7. The van der Waals surface area contributed by atoms with Crippen LogP contribution in [0.5, 0.6) is 0 Å². The minimum Gasteiger partial charge on any atom is -0.388 e. The van der Waals surface area contributed by atoms with E-state index in [4.69, 9.17) is 5.73 Å². The Hall–Kier alpha value is -3.75. The second kappa shape index (κ2) is 7.01. The third kappa shape index (κ3) is 3.10. The summed E-state index contributed by atoms with van der Waals surface area (Å²) in [5, 5.41) is 16.3. The molecule has 4 rings (SSSR count). The lowest BCUT2D eigenvalue weighted by atomic mass is 9.88. The van der Waals surface area contributed by atoms with E-state index in [-0.39, 0.29) is 11.2 Å². The third-order valence-corrected chi connectivity index (χ3v) is 5.02. The molecular formula is C20H18F2N6O. The monoisotopic (exact) mass is 396 g/mol. The van der Waals surface area contributed by atoms with Gasteiger partial charge in [-0.05, 0) is 36.8 Å². The van der Waals surface area contributed by atoms with Gasteiger partial charge < -0.3 is 11.1 Å². The highest BCUT2D eigenvalue weighted by Crippen LogP contribution is 2.44. The van der Waals surface area contributed by atoms with Crippen LogP contribution in [-0.2, 0) is 0 Å². The van der Waals surface area contributed by atoms with Crippen LogP contribution in [0.2, 0.25) is 0 Å². The Morgan fingerprint density at radius 3 is 2.66 bits per heavy atom. The van der Waals surface area contributed by atoms with E-state index >= 15 is 0 Å². The molecule has 2 aromatic carbocycles. The van der Waals surface area contributed by atoms with Gasteiger partial charge >= 0.3 is 0 Å². The Balaban J connectivity index is 2.06. The molecule has 0 bridgehead atoms. The van der Waals surface area contributed by atoms with Gasteiger partial charge in [0.2, 0.25) is 0 Å². The Kier molecular flexibility index (Phi) is 4.50. The largest absolute Gasteiger partial charge is 0.388 e. The fourth-order valence-corrected chi connectivity index (χ4v) is 3.58. The number of nitrogens with one attached hydrogen (secondary N) is 2. The number of aromatic nitrogens is 2. The Morgan fingerprint density at radius 2 is 1.97 bits per heavy atom. The van der Waals surface area contributed by atoms with Crippen LogP contribution in [-0.4, -0.2) is 28.6 Å². The standard InChI is InChI=1S/C20H18F2N6O/c1-10(28(2)24-9-23)16-18(11-3-5-12(21)6-4-11)25-15-8-13(22)7-14-17(15)19(16)26-27-20(14)29/h3-9,18,25H,1-2H3,(H2,23,24)(H,27,29)/b16-10-/t18-/m1/s1. The lowest BCUT2D eigenvalue weighted by molar-refractivity contribution is 0.449. The lowest BCUT2D eigenvalue weighted by Crippen LogP contribution is -2.25. The van der Waals surface area contributed by atoms with Crippen LogP contribution in [0.4, 0.5) is 14.5 Å². The zero-order chi connectivity index (χ0) is 20.7. The highest BCUT2D eigenvalue weighted by molar-refractivity contribution is 6.04. The number of anilines is 1. The first kappa shape index (κ1) is 18.6. The number of benzene rings is 2. The number of H-pyrrole nitrogens is 1. The summed E-state index contributed by atoms with van der Waals surface area (Å²) in [6, 6.07) is 7.99. The fraction of sp³-hybridized carbons (Fsp3) is 0.150. The maximum atomic E-state index is 14.2. The SMILES string of the molecule is C/C(=C1/c2n[nH]c(=O)c3cc(F)cc(c23)N[C@@H]1c1ccc(F)cc1)N(C)/N=C\N. The van der Waals surface area contributed by atoms with Crippen molar-refractivity contribution in [3.63, 3.8) is 0 Å². The van der Waals surface area contributed by atoms with Crippen LogP contribution in [0.1, 0.15) is 24.2 Å². The molecule has 0 aliphatic carbocycles. The van der Waals surface area contributed by atoms with E-state index < -0.39 is 17.4 Å². The predicted molar refractivity (Wildman–Crippen MR) is 108 cm³/mol. The molecule has 0 fully saturated rings. The molecule has 9 heteroatoms. The number of hydrogen-bond acceptors (Lipinski definition) is 5. The van der Waals surface area contributed by atoms with Crippen molar-refractivity contribution in [1.82, 2.24) is 15.2 Å². The molecule has 29 heavy (non-hydrogen) atoms. The molecule has 0 unspecified atom stereocenters. The van der Waals surface area contributed by atoms with Gasteiger partial charge in [-0.2, -0.15) is 10.2 Å². The van der Waals surface area contributed by atoms with E-state index in [1.807, 2.05) is 6.92 Å². The highest BCUT2D eigenvalue weighted by atomic mass is 19.1. The van der Waals surface area contributed by atoms with Gasteiger partial charge in [0.05, 0.1) is 11.4 Å². The first-order valence-electron chi connectivity index (χ1n) is 8.83. The summed E-state index contributed by atoms with van der Waals surface area (Å²) in [7, 11) is 1.72. The van der Waals surface area contributed by atoms with Crippen LogP contribution in [0.15, 0.2) is 52.0 Å². The molecule has 0 amide bonds. The van der Waals surface area contributed by atoms with Crippen molar-refractivity contribution in [2.75, 3.05) is 12.4 Å². The van der Waals surface area contributed by atoms with Crippen molar-refractivity contribution in [3.8, 4) is 0 Å². The van der Waals surface area contributed by atoms with Gasteiger partial charge in [-0.1, -0.05) is 12.1 Å². The van der Waals surface area contributed by atoms with Crippen LogP contribution in [0, 0.1) is 11.6 Å². The molecule has 4 N–H and O–H groups in total. The van der Waals surface area contributed by atoms with Crippen molar-refractivity contribution < 1.29 is 8.78 Å². The number of halogens is 2. The number of aromatic amines is 1. The van der Waals surface area contributed by atoms with E-state index in [0.717, 1.165) is 11.9 Å². The summed E-state index contributed by atoms with van der Waals surface area (Å²) in [5.74, 6) is -0.915. The van der Waals surface area contributed by atoms with Crippen LogP contribution in [0.3, 0.4) is 0 Å². The van der Waals surface area contributed by atoms with E-state index in [2.05, 4.69) is 20.6 Å². The average Bonchev–Trinajstić information content (AvgIpc) is 2.70. The summed E-state index contributed by atoms with van der Waals surface area (Å²) >= 11 is 0. The van der Waals surface area contributed by atoms with Crippen molar-refractivity contribution in [3.05, 3.63) is 75.3 Å². The first-order chi connectivity index (χ1) is 13.9.